The third-order valence-electron chi connectivity index (χ3n) is 5.67. The zero-order valence-electron chi connectivity index (χ0n) is 17.7. The summed E-state index contributed by atoms with van der Waals surface area (Å²) in [7, 11) is 1.36. The molecule has 4 rings (SSSR count). The maximum Gasteiger partial charge on any atom is 0.313 e. The molecule has 6 nitrogen and oxygen atoms in total. The highest BCUT2D eigenvalue weighted by Crippen LogP contribution is 2.36. The predicted molar refractivity (Wildman–Crippen MR) is 114 cm³/mol. The molecular formula is C23H26F2N2O4. The molecule has 31 heavy (non-hydrogen) atoms. The zero-order chi connectivity index (χ0) is 22.7. The van der Waals surface area contributed by atoms with Gasteiger partial charge in [-0.25, -0.2) is 8.78 Å². The fourth-order valence-electron chi connectivity index (χ4n) is 4.21. The first kappa shape index (κ1) is 22.5. The number of rotatable bonds is 2. The number of hydrogen-bond acceptors (Lipinski definition) is 5. The Morgan fingerprint density at radius 1 is 0.903 bits per heavy atom. The molecule has 0 saturated carbocycles. The number of methoxy groups -OCH3 is 1. The number of carbonyl (C=O) groups excluding carboxylic acids is 1. The molecule has 2 atom stereocenters. The van der Waals surface area contributed by atoms with E-state index in [1.807, 2.05) is 6.92 Å². The van der Waals surface area contributed by atoms with Crippen molar-refractivity contribution < 1.29 is 28.2 Å². The molecule has 8 heteroatoms. The minimum Gasteiger partial charge on any atom is -0.481 e. The van der Waals surface area contributed by atoms with Gasteiger partial charge in [-0.2, -0.15) is 0 Å². The maximum atomic E-state index is 13.3. The summed E-state index contributed by atoms with van der Waals surface area (Å²) < 4.78 is 31.2. The molecule has 2 aromatic carbocycles. The van der Waals surface area contributed by atoms with Gasteiger partial charge in [-0.05, 0) is 73.2 Å². The van der Waals surface area contributed by atoms with Gasteiger partial charge in [0.25, 0.3) is 0 Å². The summed E-state index contributed by atoms with van der Waals surface area (Å²) in [5, 5.41) is 15.3. The van der Waals surface area contributed by atoms with Crippen LogP contribution in [0.2, 0.25) is 0 Å². The number of esters is 1. The monoisotopic (exact) mass is 432 g/mol. The van der Waals surface area contributed by atoms with Gasteiger partial charge < -0.3 is 20.5 Å². The number of nitrogens with one attached hydrogen (secondary N) is 2. The Labute approximate surface area is 179 Å². The molecular weight excluding hydrogens is 406 g/mol. The maximum absolute atomic E-state index is 13.3. The second-order valence-corrected chi connectivity index (χ2v) is 7.77. The fraction of sp³-hybridized carbons (Fsp3) is 0.391. The Morgan fingerprint density at radius 2 is 1.35 bits per heavy atom. The largest absolute Gasteiger partial charge is 0.481 e. The van der Waals surface area contributed by atoms with E-state index in [9.17, 15) is 18.4 Å². The minimum absolute atomic E-state index is 0.298. The van der Waals surface area contributed by atoms with E-state index >= 15 is 0 Å². The molecule has 2 heterocycles. The number of carboxylic acid groups (broad SMARTS) is 1. The van der Waals surface area contributed by atoms with Crippen molar-refractivity contribution in [3.63, 3.8) is 0 Å². The van der Waals surface area contributed by atoms with E-state index in [2.05, 4.69) is 10.6 Å². The van der Waals surface area contributed by atoms with Crippen LogP contribution in [0.4, 0.5) is 20.2 Å². The van der Waals surface area contributed by atoms with Gasteiger partial charge in [0.1, 0.15) is 11.6 Å². The normalized spacial score (nSPS) is 18.9. The number of benzene rings is 2. The van der Waals surface area contributed by atoms with Crippen LogP contribution in [0.3, 0.4) is 0 Å². The van der Waals surface area contributed by atoms with E-state index in [1.165, 1.54) is 31.4 Å². The average Bonchev–Trinajstić information content (AvgIpc) is 2.72. The third-order valence-corrected chi connectivity index (χ3v) is 5.67. The molecule has 0 aliphatic carbocycles. The number of carbonyl (C=O) groups is 2. The number of fused-ring (bicyclic) bond motifs is 2. The first-order valence-electron chi connectivity index (χ1n) is 10.1. The van der Waals surface area contributed by atoms with E-state index in [0.29, 0.717) is 37.1 Å². The van der Waals surface area contributed by atoms with Crippen LogP contribution >= 0.6 is 0 Å². The molecule has 0 saturated heterocycles. The number of carboxylic acids is 1. The molecule has 2 unspecified atom stereocenters. The third kappa shape index (κ3) is 4.78. The van der Waals surface area contributed by atoms with Crippen LogP contribution in [-0.4, -0.2) is 37.2 Å². The van der Waals surface area contributed by atoms with Gasteiger partial charge in [-0.1, -0.05) is 0 Å². The lowest BCUT2D eigenvalue weighted by molar-refractivity contribution is -0.142. The number of hydrogen-bond donors (Lipinski definition) is 3. The Balaban J connectivity index is 0.000000176. The molecule has 0 fully saturated rings. The minimum atomic E-state index is -0.886. The second kappa shape index (κ2) is 9.32. The zero-order valence-corrected chi connectivity index (χ0v) is 17.7. The molecule has 0 aromatic heterocycles. The van der Waals surface area contributed by atoms with Crippen molar-refractivity contribution >= 4 is 23.3 Å². The van der Waals surface area contributed by atoms with Crippen LogP contribution in [0.15, 0.2) is 24.3 Å². The lowest BCUT2D eigenvalue weighted by Gasteiger charge is -2.26. The summed E-state index contributed by atoms with van der Waals surface area (Å²) in [6.45, 7) is 4.93. The first-order chi connectivity index (χ1) is 14.7. The van der Waals surface area contributed by atoms with Crippen LogP contribution in [0.1, 0.15) is 46.9 Å². The highest BCUT2D eigenvalue weighted by molar-refractivity contribution is 5.82. The van der Waals surface area contributed by atoms with Gasteiger partial charge >= 0.3 is 11.9 Å². The Kier molecular flexibility index (Phi) is 6.77. The smallest absolute Gasteiger partial charge is 0.313 e. The Hall–Kier alpha value is -3.16. The van der Waals surface area contributed by atoms with Gasteiger partial charge in [-0.15, -0.1) is 0 Å². The van der Waals surface area contributed by atoms with Crippen LogP contribution in [0.25, 0.3) is 0 Å². The van der Waals surface area contributed by atoms with Crippen molar-refractivity contribution in [2.24, 2.45) is 0 Å². The molecule has 0 spiro atoms. The van der Waals surface area contributed by atoms with Crippen molar-refractivity contribution in [1.82, 2.24) is 0 Å². The first-order valence-corrected chi connectivity index (χ1v) is 10.1. The van der Waals surface area contributed by atoms with Gasteiger partial charge in [0.2, 0.25) is 0 Å². The molecule has 2 aromatic rings. The van der Waals surface area contributed by atoms with Crippen molar-refractivity contribution in [1.29, 1.82) is 0 Å². The molecule has 2 aliphatic rings. The standard InChI is InChI=1S/C12H14FNO2.C11H12FNO2/c1-7-5-8(13)6-10-9(12(15)16-2)3-4-14-11(7)10;1-6-4-7(12)5-9-8(11(14)15)2-3-13-10(6)9/h5-6,9,14H,3-4H2,1-2H3;4-5,8,13H,2-3H2,1H3,(H,14,15). The van der Waals surface area contributed by atoms with Crippen LogP contribution in [0, 0.1) is 25.5 Å². The van der Waals surface area contributed by atoms with Crippen molar-refractivity contribution in [3.8, 4) is 0 Å². The predicted octanol–water partition coefficient (Wildman–Crippen LogP) is 4.32. The van der Waals surface area contributed by atoms with Gasteiger partial charge in [0, 0.05) is 24.5 Å². The lowest BCUT2D eigenvalue weighted by Crippen LogP contribution is -2.24. The van der Waals surface area contributed by atoms with E-state index in [-0.39, 0.29) is 23.5 Å². The lowest BCUT2D eigenvalue weighted by atomic mass is 9.89. The Bertz CT molecular complexity index is 1010. The van der Waals surface area contributed by atoms with E-state index in [0.717, 1.165) is 22.5 Å². The van der Waals surface area contributed by atoms with Crippen LogP contribution in [0.5, 0.6) is 0 Å². The van der Waals surface area contributed by atoms with Crippen LogP contribution in [-0.2, 0) is 14.3 Å². The number of aryl methyl sites for hydroxylation is 2. The van der Waals surface area contributed by atoms with Crippen molar-refractivity contribution in [2.75, 3.05) is 30.8 Å². The number of halogens is 2. The summed E-state index contributed by atoms with van der Waals surface area (Å²) in [5.74, 6) is -2.81. The highest BCUT2D eigenvalue weighted by Gasteiger charge is 2.29. The molecule has 0 amide bonds. The summed E-state index contributed by atoms with van der Waals surface area (Å²) in [5.41, 5.74) is 4.49. The number of anilines is 2. The van der Waals surface area contributed by atoms with Gasteiger partial charge in [0.15, 0.2) is 0 Å². The van der Waals surface area contributed by atoms with Crippen LogP contribution < -0.4 is 10.6 Å². The Morgan fingerprint density at radius 3 is 1.81 bits per heavy atom. The molecule has 0 bridgehead atoms. The average molecular weight is 432 g/mol. The highest BCUT2D eigenvalue weighted by atomic mass is 19.1. The van der Waals surface area contributed by atoms with E-state index < -0.39 is 11.9 Å². The summed E-state index contributed by atoms with van der Waals surface area (Å²) in [6.07, 6.45) is 1.15. The summed E-state index contributed by atoms with van der Waals surface area (Å²) in [4.78, 5) is 22.6. The summed E-state index contributed by atoms with van der Waals surface area (Å²) >= 11 is 0. The number of aliphatic carboxylic acids is 1. The van der Waals surface area contributed by atoms with Crippen molar-refractivity contribution in [2.45, 2.75) is 38.5 Å². The second-order valence-electron chi connectivity index (χ2n) is 7.77. The topological polar surface area (TPSA) is 87.7 Å². The molecule has 3 N–H and O–H groups in total. The van der Waals surface area contributed by atoms with Gasteiger partial charge in [0.05, 0.1) is 18.9 Å². The fourth-order valence-corrected chi connectivity index (χ4v) is 4.21. The quantitative estimate of drug-likeness (QED) is 0.613. The van der Waals surface area contributed by atoms with E-state index in [4.69, 9.17) is 9.84 Å². The molecule has 166 valence electrons. The molecule has 0 radical (unpaired) electrons. The molecule has 2 aliphatic heterocycles. The SMILES string of the molecule is COC(=O)C1CCNc2c(C)cc(F)cc21.Cc1cc(F)cc2c1NCCC2C(=O)O. The van der Waals surface area contributed by atoms with E-state index in [1.54, 1.807) is 6.92 Å². The number of ether oxygens (including phenoxy) is 1. The van der Waals surface area contributed by atoms with Gasteiger partial charge in [-0.3, -0.25) is 9.59 Å². The summed E-state index contributed by atoms with van der Waals surface area (Å²) in [6, 6.07) is 5.60. The van der Waals surface area contributed by atoms with Crippen molar-refractivity contribution in [3.05, 3.63) is 58.2 Å².